The molecule has 2 atom stereocenters. The molecular formula is C15H22O2. The Morgan fingerprint density at radius 2 is 2.12 bits per heavy atom. The third kappa shape index (κ3) is 2.23. The minimum atomic E-state index is -0.671. The fourth-order valence-electron chi connectivity index (χ4n) is 3.20. The van der Waals surface area contributed by atoms with Crippen LogP contribution in [0.25, 0.3) is 0 Å². The zero-order chi connectivity index (χ0) is 12.8. The van der Waals surface area contributed by atoms with E-state index in [1.807, 2.05) is 20.8 Å². The Hall–Kier alpha value is -0.890. The minimum absolute atomic E-state index is 0.00231. The lowest BCUT2D eigenvalue weighted by Crippen LogP contribution is -2.38. The van der Waals surface area contributed by atoms with Crippen LogP contribution in [0.2, 0.25) is 0 Å². The summed E-state index contributed by atoms with van der Waals surface area (Å²) in [5.74, 6) is 0.436. The molecule has 2 aliphatic carbocycles. The van der Waals surface area contributed by atoms with Crippen molar-refractivity contribution in [3.05, 3.63) is 23.3 Å². The topological polar surface area (TPSA) is 37.3 Å². The smallest absolute Gasteiger partial charge is 0.156 e. The number of allylic oxidation sites excluding steroid dienone is 3. The van der Waals surface area contributed by atoms with Crippen LogP contribution in [0.15, 0.2) is 23.3 Å². The summed E-state index contributed by atoms with van der Waals surface area (Å²) in [6, 6.07) is 0. The van der Waals surface area contributed by atoms with E-state index in [1.54, 1.807) is 6.08 Å². The number of hydrogen-bond acceptors (Lipinski definition) is 2. The number of rotatable bonds is 1. The van der Waals surface area contributed by atoms with Gasteiger partial charge < -0.3 is 5.11 Å². The van der Waals surface area contributed by atoms with Crippen LogP contribution in [0.5, 0.6) is 0 Å². The van der Waals surface area contributed by atoms with Gasteiger partial charge in [-0.05, 0) is 56.3 Å². The van der Waals surface area contributed by atoms with Crippen molar-refractivity contribution in [3.8, 4) is 0 Å². The molecule has 0 fully saturated rings. The maximum Gasteiger partial charge on any atom is 0.156 e. The first-order chi connectivity index (χ1) is 7.72. The first-order valence-corrected chi connectivity index (χ1v) is 6.38. The van der Waals surface area contributed by atoms with Crippen molar-refractivity contribution in [1.29, 1.82) is 0 Å². The summed E-state index contributed by atoms with van der Waals surface area (Å²) in [6.45, 7) is 7.91. The predicted molar refractivity (Wildman–Crippen MR) is 68.6 cm³/mol. The number of hydrogen-bond donors (Lipinski definition) is 1. The molecule has 0 amide bonds. The monoisotopic (exact) mass is 234 g/mol. The Bertz CT molecular complexity index is 409. The van der Waals surface area contributed by atoms with Gasteiger partial charge in [-0.15, -0.1) is 0 Å². The van der Waals surface area contributed by atoms with Crippen LogP contribution in [-0.4, -0.2) is 16.5 Å². The standard InChI is InChI=1S/C15H22O2/c1-10-7-12(16)9-15(4)6-5-11(8-13(10)15)14(2,3)17/h7-8,11,17H,5-6,9H2,1-4H3/t11-,15+/m1/s1. The number of aliphatic hydroxyl groups is 1. The summed E-state index contributed by atoms with van der Waals surface area (Å²) in [4.78, 5) is 11.7. The molecule has 2 nitrogen and oxygen atoms in total. The number of carbonyl (C=O) groups excluding carboxylic acids is 1. The zero-order valence-corrected chi connectivity index (χ0v) is 11.2. The molecule has 0 saturated heterocycles. The molecule has 0 aromatic carbocycles. The quantitative estimate of drug-likeness (QED) is 0.757. The largest absolute Gasteiger partial charge is 0.390 e. The van der Waals surface area contributed by atoms with Gasteiger partial charge in [0, 0.05) is 12.3 Å². The Kier molecular flexibility index (Phi) is 2.81. The lowest BCUT2D eigenvalue weighted by molar-refractivity contribution is -0.116. The van der Waals surface area contributed by atoms with Crippen LogP contribution < -0.4 is 0 Å². The molecule has 0 radical (unpaired) electrons. The van der Waals surface area contributed by atoms with Crippen molar-refractivity contribution in [2.45, 2.75) is 52.6 Å². The molecule has 0 saturated carbocycles. The zero-order valence-electron chi connectivity index (χ0n) is 11.2. The fraction of sp³-hybridized carbons (Fsp3) is 0.667. The lowest BCUT2D eigenvalue weighted by Gasteiger charge is -2.43. The molecule has 2 heteroatoms. The molecule has 94 valence electrons. The van der Waals surface area contributed by atoms with Gasteiger partial charge in [0.15, 0.2) is 5.78 Å². The van der Waals surface area contributed by atoms with E-state index in [1.165, 1.54) is 5.57 Å². The lowest BCUT2D eigenvalue weighted by atomic mass is 9.62. The second kappa shape index (κ2) is 3.81. The van der Waals surface area contributed by atoms with Gasteiger partial charge in [-0.3, -0.25) is 4.79 Å². The summed E-state index contributed by atoms with van der Waals surface area (Å²) in [6.07, 6.45) is 6.52. The molecule has 0 aliphatic heterocycles. The molecule has 0 unspecified atom stereocenters. The maximum atomic E-state index is 11.7. The molecule has 17 heavy (non-hydrogen) atoms. The van der Waals surface area contributed by atoms with Crippen LogP contribution in [0.4, 0.5) is 0 Å². The third-order valence-corrected chi connectivity index (χ3v) is 4.30. The van der Waals surface area contributed by atoms with E-state index >= 15 is 0 Å². The maximum absolute atomic E-state index is 11.7. The second-order valence-electron chi connectivity index (χ2n) is 6.41. The molecular weight excluding hydrogens is 212 g/mol. The number of fused-ring (bicyclic) bond motifs is 1. The first kappa shape index (κ1) is 12.6. The molecule has 2 rings (SSSR count). The van der Waals surface area contributed by atoms with Gasteiger partial charge in [0.25, 0.3) is 0 Å². The Morgan fingerprint density at radius 1 is 1.47 bits per heavy atom. The summed E-state index contributed by atoms with van der Waals surface area (Å²) in [5.41, 5.74) is 1.68. The van der Waals surface area contributed by atoms with Crippen molar-refractivity contribution in [2.24, 2.45) is 11.3 Å². The number of carbonyl (C=O) groups is 1. The van der Waals surface area contributed by atoms with E-state index in [2.05, 4.69) is 13.0 Å². The highest BCUT2D eigenvalue weighted by Gasteiger charge is 2.41. The van der Waals surface area contributed by atoms with Crippen molar-refractivity contribution in [2.75, 3.05) is 0 Å². The molecule has 1 N–H and O–H groups in total. The molecule has 0 heterocycles. The summed E-state index contributed by atoms with van der Waals surface area (Å²) in [5, 5.41) is 10.1. The minimum Gasteiger partial charge on any atom is -0.390 e. The van der Waals surface area contributed by atoms with Gasteiger partial charge in [-0.1, -0.05) is 13.0 Å². The van der Waals surface area contributed by atoms with E-state index in [9.17, 15) is 9.90 Å². The van der Waals surface area contributed by atoms with Gasteiger partial charge in [-0.2, -0.15) is 0 Å². The molecule has 0 aromatic heterocycles. The molecule has 0 aromatic rings. The third-order valence-electron chi connectivity index (χ3n) is 4.30. The van der Waals surface area contributed by atoms with Crippen LogP contribution in [0.1, 0.15) is 47.0 Å². The van der Waals surface area contributed by atoms with E-state index < -0.39 is 5.60 Å². The summed E-state index contributed by atoms with van der Waals surface area (Å²) in [7, 11) is 0. The summed E-state index contributed by atoms with van der Waals surface area (Å²) >= 11 is 0. The SMILES string of the molecule is CC1=CC(=O)C[C@]2(C)CC[C@@H](C(C)(C)O)C=C12. The van der Waals surface area contributed by atoms with Crippen LogP contribution in [-0.2, 0) is 4.79 Å². The predicted octanol–water partition coefficient (Wildman–Crippen LogP) is 3.02. The van der Waals surface area contributed by atoms with Gasteiger partial charge in [0.05, 0.1) is 5.60 Å². The van der Waals surface area contributed by atoms with Crippen LogP contribution >= 0.6 is 0 Å². The van der Waals surface area contributed by atoms with Gasteiger partial charge in [0.2, 0.25) is 0 Å². The van der Waals surface area contributed by atoms with E-state index in [0.717, 1.165) is 18.4 Å². The fourth-order valence-corrected chi connectivity index (χ4v) is 3.20. The molecule has 0 bridgehead atoms. The second-order valence-corrected chi connectivity index (χ2v) is 6.41. The van der Waals surface area contributed by atoms with Gasteiger partial charge in [-0.25, -0.2) is 0 Å². The first-order valence-electron chi connectivity index (χ1n) is 6.38. The molecule has 0 spiro atoms. The van der Waals surface area contributed by atoms with Crippen molar-refractivity contribution in [3.63, 3.8) is 0 Å². The highest BCUT2D eigenvalue weighted by Crippen LogP contribution is 2.49. The highest BCUT2D eigenvalue weighted by molar-refractivity contribution is 5.93. The van der Waals surface area contributed by atoms with E-state index in [4.69, 9.17) is 0 Å². The van der Waals surface area contributed by atoms with Crippen molar-refractivity contribution >= 4 is 5.78 Å². The average molecular weight is 234 g/mol. The highest BCUT2D eigenvalue weighted by atomic mass is 16.3. The number of ketones is 1. The van der Waals surface area contributed by atoms with E-state index in [-0.39, 0.29) is 17.1 Å². The summed E-state index contributed by atoms with van der Waals surface area (Å²) < 4.78 is 0. The van der Waals surface area contributed by atoms with Gasteiger partial charge >= 0.3 is 0 Å². The molecule has 2 aliphatic rings. The van der Waals surface area contributed by atoms with Gasteiger partial charge in [0.1, 0.15) is 0 Å². The van der Waals surface area contributed by atoms with Crippen LogP contribution in [0.3, 0.4) is 0 Å². The van der Waals surface area contributed by atoms with Crippen LogP contribution in [0, 0.1) is 11.3 Å². The van der Waals surface area contributed by atoms with E-state index in [0.29, 0.717) is 6.42 Å². The van der Waals surface area contributed by atoms with Crippen molar-refractivity contribution in [1.82, 2.24) is 0 Å². The normalized spacial score (nSPS) is 33.9. The Balaban J connectivity index is 2.42. The Labute approximate surface area is 103 Å². The Morgan fingerprint density at radius 3 is 2.71 bits per heavy atom. The average Bonchev–Trinajstić information content (AvgIpc) is 2.13. The van der Waals surface area contributed by atoms with Crippen molar-refractivity contribution < 1.29 is 9.90 Å².